The smallest absolute Gasteiger partial charge is 0.151 e. The molecule has 0 atom stereocenters. The Morgan fingerprint density at radius 1 is 0.879 bits per heavy atom. The number of anilines is 2. The number of fused-ring (bicyclic) bond motifs is 3. The van der Waals surface area contributed by atoms with E-state index in [4.69, 9.17) is 9.97 Å². The van der Waals surface area contributed by atoms with Crippen molar-refractivity contribution in [1.82, 2.24) is 14.5 Å². The van der Waals surface area contributed by atoms with Crippen LogP contribution in [0.5, 0.6) is 0 Å². The van der Waals surface area contributed by atoms with E-state index in [1.807, 2.05) is 6.92 Å². The molecule has 0 bridgehead atoms. The van der Waals surface area contributed by atoms with Crippen LogP contribution in [-0.2, 0) is 0 Å². The van der Waals surface area contributed by atoms with E-state index < -0.39 is 0 Å². The van der Waals surface area contributed by atoms with Crippen LogP contribution >= 0.6 is 0 Å². The molecule has 2 heterocycles. The van der Waals surface area contributed by atoms with Crippen molar-refractivity contribution in [2.45, 2.75) is 61.3 Å². The molecule has 0 aliphatic heterocycles. The minimum absolute atomic E-state index is 0.813. The van der Waals surface area contributed by atoms with Crippen molar-refractivity contribution in [2.75, 3.05) is 29.9 Å². The zero-order chi connectivity index (χ0) is 23.7. The molecule has 2 aromatic carbocycles. The molecule has 0 fully saturated rings. The van der Waals surface area contributed by atoms with Gasteiger partial charge in [-0.05, 0) is 76.8 Å². The van der Waals surface area contributed by atoms with Gasteiger partial charge in [-0.1, -0.05) is 31.5 Å². The molecular formula is C28H37N5. The molecule has 0 saturated heterocycles. The fourth-order valence-electron chi connectivity index (χ4n) is 5.15. The van der Waals surface area contributed by atoms with Gasteiger partial charge in [-0.25, -0.2) is 9.97 Å². The van der Waals surface area contributed by atoms with Crippen LogP contribution in [0.2, 0.25) is 0 Å². The van der Waals surface area contributed by atoms with Crippen LogP contribution < -0.4 is 10.2 Å². The summed E-state index contributed by atoms with van der Waals surface area (Å²) in [5.74, 6) is 1.87. The monoisotopic (exact) mass is 443 g/mol. The zero-order valence-corrected chi connectivity index (χ0v) is 21.2. The molecule has 0 radical (unpaired) electrons. The van der Waals surface area contributed by atoms with Gasteiger partial charge in [0, 0.05) is 30.7 Å². The van der Waals surface area contributed by atoms with Crippen LogP contribution in [0.25, 0.3) is 27.6 Å². The van der Waals surface area contributed by atoms with E-state index in [-0.39, 0.29) is 0 Å². The molecule has 0 aliphatic carbocycles. The number of aromatic nitrogens is 3. The number of benzene rings is 2. The summed E-state index contributed by atoms with van der Waals surface area (Å²) in [4.78, 5) is 12.5. The largest absolute Gasteiger partial charge is 0.385 e. The van der Waals surface area contributed by atoms with E-state index in [9.17, 15) is 0 Å². The van der Waals surface area contributed by atoms with Gasteiger partial charge in [0.2, 0.25) is 0 Å². The second-order valence-corrected chi connectivity index (χ2v) is 9.13. The summed E-state index contributed by atoms with van der Waals surface area (Å²) in [5, 5.41) is 5.84. The second kappa shape index (κ2) is 9.42. The highest BCUT2D eigenvalue weighted by Gasteiger charge is 2.23. The maximum atomic E-state index is 5.04. The van der Waals surface area contributed by atoms with E-state index in [0.717, 1.165) is 60.8 Å². The van der Waals surface area contributed by atoms with Gasteiger partial charge in [0.15, 0.2) is 5.65 Å². The van der Waals surface area contributed by atoms with Crippen molar-refractivity contribution in [3.8, 4) is 5.69 Å². The fourth-order valence-corrected chi connectivity index (χ4v) is 5.15. The molecule has 5 nitrogen and oxygen atoms in total. The Labute approximate surface area is 197 Å². The van der Waals surface area contributed by atoms with Crippen molar-refractivity contribution in [2.24, 2.45) is 0 Å². The highest BCUT2D eigenvalue weighted by molar-refractivity contribution is 6.14. The highest BCUT2D eigenvalue weighted by atomic mass is 15.2. The summed E-state index contributed by atoms with van der Waals surface area (Å²) in [6.45, 7) is 18.1. The maximum absolute atomic E-state index is 5.04. The first-order valence-electron chi connectivity index (χ1n) is 12.3. The van der Waals surface area contributed by atoms with Gasteiger partial charge in [0.25, 0.3) is 0 Å². The Morgan fingerprint density at radius 3 is 2.15 bits per heavy atom. The minimum atomic E-state index is 0.813. The Morgan fingerprint density at radius 2 is 1.55 bits per heavy atom. The Bertz CT molecular complexity index is 1270. The van der Waals surface area contributed by atoms with Gasteiger partial charge in [-0.2, -0.15) is 0 Å². The quantitative estimate of drug-likeness (QED) is 0.323. The zero-order valence-electron chi connectivity index (χ0n) is 21.2. The van der Waals surface area contributed by atoms with Gasteiger partial charge in [0.05, 0.1) is 16.6 Å². The summed E-state index contributed by atoms with van der Waals surface area (Å²) in [7, 11) is 0. The third kappa shape index (κ3) is 4.17. The lowest BCUT2D eigenvalue weighted by atomic mass is 10.0. The Balaban J connectivity index is 2.17. The third-order valence-corrected chi connectivity index (χ3v) is 6.23. The molecule has 2 aromatic heterocycles. The highest BCUT2D eigenvalue weighted by Crippen LogP contribution is 2.39. The molecule has 174 valence electrons. The molecule has 0 unspecified atom stereocenters. The summed E-state index contributed by atoms with van der Waals surface area (Å²) < 4.78 is 2.36. The first-order chi connectivity index (χ1) is 15.9. The summed E-state index contributed by atoms with van der Waals surface area (Å²) in [6, 6.07) is 11.2. The van der Waals surface area contributed by atoms with Crippen LogP contribution in [0, 0.1) is 27.7 Å². The topological polar surface area (TPSA) is 46.0 Å². The fraction of sp³-hybridized carbons (Fsp3) is 0.429. The number of aryl methyl sites for hydroxylation is 4. The maximum Gasteiger partial charge on any atom is 0.151 e. The van der Waals surface area contributed by atoms with Crippen LogP contribution in [0.15, 0.2) is 30.3 Å². The van der Waals surface area contributed by atoms with E-state index in [1.165, 1.54) is 33.3 Å². The van der Waals surface area contributed by atoms with Crippen molar-refractivity contribution >= 4 is 33.4 Å². The lowest BCUT2D eigenvalue weighted by Crippen LogP contribution is -2.26. The van der Waals surface area contributed by atoms with Gasteiger partial charge in [-0.3, -0.25) is 4.57 Å². The average molecular weight is 444 g/mol. The van der Waals surface area contributed by atoms with Crippen LogP contribution in [0.1, 0.15) is 56.1 Å². The molecule has 0 amide bonds. The summed E-state index contributed by atoms with van der Waals surface area (Å²) in [6.07, 6.45) is 2.17. The predicted octanol–water partition coefficient (Wildman–Crippen LogP) is 6.87. The van der Waals surface area contributed by atoms with Crippen LogP contribution in [-0.4, -0.2) is 34.2 Å². The molecule has 0 aliphatic rings. The van der Waals surface area contributed by atoms with E-state index >= 15 is 0 Å². The second-order valence-electron chi connectivity index (χ2n) is 9.13. The SMILES string of the molecule is CCCN(CCC)c1nc(C)nc2c1c1cc(NCC)ccc1n2-c1c(C)cc(C)cc1C. The Hall–Kier alpha value is -3.08. The number of hydrogen-bond donors (Lipinski definition) is 1. The van der Waals surface area contributed by atoms with Gasteiger partial charge >= 0.3 is 0 Å². The molecule has 5 heteroatoms. The third-order valence-electron chi connectivity index (χ3n) is 6.23. The lowest BCUT2D eigenvalue weighted by molar-refractivity contribution is 0.734. The first-order valence-corrected chi connectivity index (χ1v) is 12.3. The summed E-state index contributed by atoms with van der Waals surface area (Å²) in [5.41, 5.74) is 8.33. The molecule has 0 spiro atoms. The van der Waals surface area contributed by atoms with Crippen LogP contribution in [0.4, 0.5) is 11.5 Å². The van der Waals surface area contributed by atoms with Gasteiger partial charge in [-0.15, -0.1) is 0 Å². The normalized spacial score (nSPS) is 11.5. The Kier molecular flexibility index (Phi) is 6.59. The summed E-state index contributed by atoms with van der Waals surface area (Å²) >= 11 is 0. The van der Waals surface area contributed by atoms with Gasteiger partial charge in [0.1, 0.15) is 11.6 Å². The van der Waals surface area contributed by atoms with Crippen molar-refractivity contribution in [3.63, 3.8) is 0 Å². The molecule has 0 saturated carbocycles. The minimum Gasteiger partial charge on any atom is -0.385 e. The molecule has 4 aromatic rings. The molecule has 33 heavy (non-hydrogen) atoms. The van der Waals surface area contributed by atoms with E-state index in [1.54, 1.807) is 0 Å². The number of hydrogen-bond acceptors (Lipinski definition) is 4. The first kappa shape index (κ1) is 23.1. The standard InChI is InChI=1S/C28H37N5/c1-8-13-32(14-9-2)27-25-23-17-22(29-10-3)11-12-24(23)33(28(25)31-21(7)30-27)26-19(5)15-18(4)16-20(26)6/h11-12,15-17,29H,8-10,13-14H2,1-7H3. The molecular weight excluding hydrogens is 406 g/mol. The number of nitrogens with zero attached hydrogens (tertiary/aromatic N) is 4. The average Bonchev–Trinajstić information content (AvgIpc) is 3.06. The number of nitrogens with one attached hydrogen (secondary N) is 1. The van der Waals surface area contributed by atoms with Crippen molar-refractivity contribution in [3.05, 3.63) is 52.8 Å². The molecule has 4 rings (SSSR count). The van der Waals surface area contributed by atoms with Crippen molar-refractivity contribution in [1.29, 1.82) is 0 Å². The lowest BCUT2D eigenvalue weighted by Gasteiger charge is -2.24. The predicted molar refractivity (Wildman–Crippen MR) is 142 cm³/mol. The molecule has 1 N–H and O–H groups in total. The van der Waals surface area contributed by atoms with E-state index in [0.29, 0.717) is 0 Å². The number of rotatable bonds is 8. The van der Waals surface area contributed by atoms with Crippen molar-refractivity contribution < 1.29 is 0 Å². The van der Waals surface area contributed by atoms with Gasteiger partial charge < -0.3 is 10.2 Å². The van der Waals surface area contributed by atoms with E-state index in [2.05, 4.69) is 86.7 Å². The van der Waals surface area contributed by atoms with Crippen LogP contribution in [0.3, 0.4) is 0 Å².